The largest absolute Gasteiger partial charge is 0.369 e. The Morgan fingerprint density at radius 3 is 3.12 bits per heavy atom. The maximum atomic E-state index is 11.2. The van der Waals surface area contributed by atoms with Crippen molar-refractivity contribution in [2.45, 2.75) is 25.3 Å². The number of aromatic amines is 1. The molecule has 4 N–H and O–H groups in total. The van der Waals surface area contributed by atoms with Crippen LogP contribution in [0.1, 0.15) is 19.3 Å². The van der Waals surface area contributed by atoms with Gasteiger partial charge < -0.3 is 16.0 Å². The highest BCUT2D eigenvalue weighted by atomic mass is 32.1. The second-order valence-corrected chi connectivity index (χ2v) is 4.37. The summed E-state index contributed by atoms with van der Waals surface area (Å²) in [6, 6.07) is 1.90. The van der Waals surface area contributed by atoms with Crippen LogP contribution in [0.15, 0.2) is 12.3 Å². The Hall–Kier alpha value is -1.43. The maximum absolute atomic E-state index is 11.2. The first-order chi connectivity index (χ1) is 7.66. The van der Waals surface area contributed by atoms with E-state index in [1.54, 1.807) is 12.3 Å². The molecule has 1 aromatic heterocycles. The van der Waals surface area contributed by atoms with Crippen molar-refractivity contribution in [2.24, 2.45) is 11.7 Å². The number of hydrogen-bond acceptors (Lipinski definition) is 4. The van der Waals surface area contributed by atoms with Crippen molar-refractivity contribution in [3.8, 4) is 0 Å². The molecular weight excluding hydrogens is 224 g/mol. The van der Waals surface area contributed by atoms with Crippen LogP contribution in [0.25, 0.3) is 0 Å². The average Bonchev–Trinajstić information content (AvgIpc) is 2.66. The number of amides is 1. The zero-order valence-corrected chi connectivity index (χ0v) is 9.59. The molecule has 16 heavy (non-hydrogen) atoms. The molecule has 1 saturated carbocycles. The van der Waals surface area contributed by atoms with E-state index in [1.165, 1.54) is 0 Å². The molecule has 0 spiro atoms. The van der Waals surface area contributed by atoms with Gasteiger partial charge in [-0.15, -0.1) is 0 Å². The molecule has 1 aromatic rings. The number of aromatic nitrogens is 2. The molecule has 0 radical (unpaired) electrons. The fourth-order valence-corrected chi connectivity index (χ4v) is 2.30. The van der Waals surface area contributed by atoms with Crippen molar-refractivity contribution in [2.75, 3.05) is 5.32 Å². The van der Waals surface area contributed by atoms with Crippen LogP contribution in [0.3, 0.4) is 0 Å². The summed E-state index contributed by atoms with van der Waals surface area (Å²) in [4.78, 5) is 18.0. The molecule has 0 bridgehead atoms. The first kappa shape index (κ1) is 11.1. The van der Waals surface area contributed by atoms with Gasteiger partial charge >= 0.3 is 0 Å². The molecule has 1 aliphatic carbocycles. The van der Waals surface area contributed by atoms with Gasteiger partial charge in [0.2, 0.25) is 5.91 Å². The predicted octanol–water partition coefficient (Wildman–Crippen LogP) is 1.21. The van der Waals surface area contributed by atoms with Gasteiger partial charge in [0.25, 0.3) is 0 Å². The molecule has 6 heteroatoms. The Morgan fingerprint density at radius 2 is 2.44 bits per heavy atom. The Morgan fingerprint density at radius 1 is 1.62 bits per heavy atom. The molecule has 2 atom stereocenters. The highest BCUT2D eigenvalue weighted by Crippen LogP contribution is 2.27. The van der Waals surface area contributed by atoms with Crippen LogP contribution in [0.2, 0.25) is 0 Å². The SMILES string of the molecule is NC(=O)C1CCCC1Nc1ccnc(=S)[nH]1. The standard InChI is InChI=1S/C10H14N4OS/c11-9(15)6-2-1-3-7(6)13-8-4-5-12-10(16)14-8/h4-7H,1-3H2,(H2,11,15)(H2,12,13,14,16). The molecule has 1 heterocycles. The van der Waals surface area contributed by atoms with Crippen LogP contribution in [-0.2, 0) is 4.79 Å². The fourth-order valence-electron chi connectivity index (χ4n) is 2.13. The molecule has 0 aromatic carbocycles. The first-order valence-corrected chi connectivity index (χ1v) is 5.69. The Balaban J connectivity index is 2.09. The number of nitrogens with one attached hydrogen (secondary N) is 2. The lowest BCUT2D eigenvalue weighted by Crippen LogP contribution is -2.34. The topological polar surface area (TPSA) is 83.8 Å². The molecule has 5 nitrogen and oxygen atoms in total. The number of primary amides is 1. The quantitative estimate of drug-likeness (QED) is 0.691. The second-order valence-electron chi connectivity index (χ2n) is 3.98. The van der Waals surface area contributed by atoms with E-state index in [0.29, 0.717) is 4.77 Å². The highest BCUT2D eigenvalue weighted by Gasteiger charge is 2.31. The van der Waals surface area contributed by atoms with Crippen LogP contribution >= 0.6 is 12.2 Å². The number of H-pyrrole nitrogens is 1. The predicted molar refractivity (Wildman–Crippen MR) is 63.4 cm³/mol. The van der Waals surface area contributed by atoms with Gasteiger partial charge in [0, 0.05) is 12.2 Å². The number of rotatable bonds is 3. The van der Waals surface area contributed by atoms with Crippen molar-refractivity contribution in [3.63, 3.8) is 0 Å². The third-order valence-corrected chi connectivity index (χ3v) is 3.10. The maximum Gasteiger partial charge on any atom is 0.222 e. The van der Waals surface area contributed by atoms with Crippen LogP contribution < -0.4 is 11.1 Å². The number of nitrogens with zero attached hydrogens (tertiary/aromatic N) is 1. The van der Waals surface area contributed by atoms with Gasteiger partial charge in [0.1, 0.15) is 5.82 Å². The van der Waals surface area contributed by atoms with Gasteiger partial charge in [0.05, 0.1) is 5.92 Å². The zero-order valence-electron chi connectivity index (χ0n) is 8.77. The monoisotopic (exact) mass is 238 g/mol. The summed E-state index contributed by atoms with van der Waals surface area (Å²) < 4.78 is 0.429. The molecule has 0 saturated heterocycles. The molecule has 2 rings (SSSR count). The van der Waals surface area contributed by atoms with Crippen molar-refractivity contribution in [1.82, 2.24) is 9.97 Å². The van der Waals surface area contributed by atoms with Crippen molar-refractivity contribution in [1.29, 1.82) is 0 Å². The third-order valence-electron chi connectivity index (χ3n) is 2.90. The molecule has 1 aliphatic rings. The molecule has 86 valence electrons. The van der Waals surface area contributed by atoms with E-state index in [9.17, 15) is 4.79 Å². The number of nitrogens with two attached hydrogens (primary N) is 1. The number of carbonyl (C=O) groups excluding carboxylic acids is 1. The summed E-state index contributed by atoms with van der Waals surface area (Å²) in [6.07, 6.45) is 4.47. The van der Waals surface area contributed by atoms with Crippen LogP contribution in [0.4, 0.5) is 5.82 Å². The highest BCUT2D eigenvalue weighted by molar-refractivity contribution is 7.71. The first-order valence-electron chi connectivity index (χ1n) is 5.28. The Bertz CT molecular complexity index is 444. The van der Waals surface area contributed by atoms with E-state index in [2.05, 4.69) is 15.3 Å². The summed E-state index contributed by atoms with van der Waals surface area (Å²) in [7, 11) is 0. The van der Waals surface area contributed by atoms with Crippen molar-refractivity contribution in [3.05, 3.63) is 17.0 Å². The lowest BCUT2D eigenvalue weighted by Gasteiger charge is -2.18. The minimum Gasteiger partial charge on any atom is -0.369 e. The minimum atomic E-state index is -0.234. The third kappa shape index (κ3) is 2.38. The van der Waals surface area contributed by atoms with Crippen molar-refractivity contribution < 1.29 is 4.79 Å². The van der Waals surface area contributed by atoms with Crippen LogP contribution in [0, 0.1) is 10.7 Å². The van der Waals surface area contributed by atoms with Gasteiger partial charge in [-0.05, 0) is 31.1 Å². The number of carbonyl (C=O) groups is 1. The fraction of sp³-hybridized carbons (Fsp3) is 0.500. The van der Waals surface area contributed by atoms with Gasteiger partial charge in [-0.25, -0.2) is 4.98 Å². The van der Waals surface area contributed by atoms with E-state index in [-0.39, 0.29) is 17.9 Å². The average molecular weight is 238 g/mol. The molecular formula is C10H14N4OS. The summed E-state index contributed by atoms with van der Waals surface area (Å²) in [6.45, 7) is 0. The smallest absolute Gasteiger partial charge is 0.222 e. The Kier molecular flexibility index (Phi) is 3.19. The number of anilines is 1. The Labute approximate surface area is 98.5 Å². The van der Waals surface area contributed by atoms with E-state index in [4.69, 9.17) is 18.0 Å². The minimum absolute atomic E-state index is 0.0878. The molecule has 1 amide bonds. The normalized spacial score (nSPS) is 24.2. The summed E-state index contributed by atoms with van der Waals surface area (Å²) >= 11 is 4.92. The van der Waals surface area contributed by atoms with Crippen molar-refractivity contribution >= 4 is 23.9 Å². The van der Waals surface area contributed by atoms with E-state index in [0.717, 1.165) is 25.1 Å². The van der Waals surface area contributed by atoms with Crippen LogP contribution in [0.5, 0.6) is 0 Å². The number of hydrogen-bond donors (Lipinski definition) is 3. The van der Waals surface area contributed by atoms with Gasteiger partial charge in [-0.2, -0.15) is 0 Å². The van der Waals surface area contributed by atoms with Crippen LogP contribution in [-0.4, -0.2) is 21.9 Å². The van der Waals surface area contributed by atoms with E-state index < -0.39 is 0 Å². The lowest BCUT2D eigenvalue weighted by atomic mass is 10.0. The molecule has 2 unspecified atom stereocenters. The van der Waals surface area contributed by atoms with Gasteiger partial charge in [-0.1, -0.05) is 6.42 Å². The molecule has 0 aliphatic heterocycles. The lowest BCUT2D eigenvalue weighted by molar-refractivity contribution is -0.121. The van der Waals surface area contributed by atoms with Gasteiger partial charge in [0.15, 0.2) is 4.77 Å². The zero-order chi connectivity index (χ0) is 11.5. The summed E-state index contributed by atoms with van der Waals surface area (Å²) in [5.41, 5.74) is 5.35. The van der Waals surface area contributed by atoms with E-state index in [1.807, 2.05) is 0 Å². The molecule has 1 fully saturated rings. The summed E-state index contributed by atoms with van der Waals surface area (Å²) in [5, 5.41) is 3.25. The second kappa shape index (κ2) is 4.61. The van der Waals surface area contributed by atoms with Gasteiger partial charge in [-0.3, -0.25) is 4.79 Å². The summed E-state index contributed by atoms with van der Waals surface area (Å²) in [5.74, 6) is 0.468. The van der Waals surface area contributed by atoms with E-state index >= 15 is 0 Å².